The van der Waals surface area contributed by atoms with Crippen molar-refractivity contribution in [2.24, 2.45) is 7.05 Å². The Bertz CT molecular complexity index is 1180. The fraction of sp³-hybridized carbons (Fsp3) is 0.235. The number of ether oxygens (including phenoxy) is 1. The van der Waals surface area contributed by atoms with Crippen LogP contribution in [-0.4, -0.2) is 50.5 Å². The van der Waals surface area contributed by atoms with Gasteiger partial charge in [-0.1, -0.05) is 6.07 Å². The monoisotopic (exact) mass is 494 g/mol. The first-order valence-corrected chi connectivity index (χ1v) is 10.3. The Morgan fingerprint density at radius 3 is 2.61 bits per heavy atom. The SMILES string of the molecule is Cn1nnc(-c2ccc(-c3ccc(N4C[C@H](COP(=O)([O-])[O-])OC4=O)cc3F)cn2)n1.[Na+].[Na+]. The van der Waals surface area contributed by atoms with Gasteiger partial charge in [0.05, 0.1) is 33.7 Å². The maximum atomic E-state index is 14.8. The molecule has 0 aliphatic carbocycles. The summed E-state index contributed by atoms with van der Waals surface area (Å²) in [5.41, 5.74) is 1.42. The quantitative estimate of drug-likeness (QED) is 0.239. The standard InChI is InChI=1S/C17H16FN6O6P.2Na/c1-23-21-16(20-22-23)15-5-2-10(7-19-15)13-4-3-11(6-14(13)18)24-8-12(30-17(24)25)9-29-31(26,27)28;;/h2-7,12H,8-9H2,1H3,(H2,26,27,28);;/q;2*+1/p-2/t12-;;/m1../s1. The Morgan fingerprint density at radius 1 is 1.27 bits per heavy atom. The van der Waals surface area contributed by atoms with E-state index in [9.17, 15) is 23.5 Å². The van der Waals surface area contributed by atoms with Gasteiger partial charge in [0, 0.05) is 17.3 Å². The molecule has 1 atom stereocenters. The van der Waals surface area contributed by atoms with Gasteiger partial charge in [-0.25, -0.2) is 9.18 Å². The molecule has 33 heavy (non-hydrogen) atoms. The molecule has 1 aliphatic heterocycles. The number of carbonyl (C=O) groups excluding carboxylic acids is 1. The fourth-order valence-electron chi connectivity index (χ4n) is 2.97. The van der Waals surface area contributed by atoms with Crippen LogP contribution in [0.15, 0.2) is 36.5 Å². The van der Waals surface area contributed by atoms with Crippen LogP contribution in [0.4, 0.5) is 14.9 Å². The number of amides is 1. The summed E-state index contributed by atoms with van der Waals surface area (Å²) in [7, 11) is -3.56. The van der Waals surface area contributed by atoms with Crippen molar-refractivity contribution in [1.29, 1.82) is 0 Å². The van der Waals surface area contributed by atoms with Crippen molar-refractivity contribution >= 4 is 19.6 Å². The molecule has 1 aromatic carbocycles. The maximum absolute atomic E-state index is 14.8. The molecule has 1 amide bonds. The van der Waals surface area contributed by atoms with Crippen molar-refractivity contribution in [3.05, 3.63) is 42.3 Å². The minimum absolute atomic E-state index is 0. The number of cyclic esters (lactones) is 1. The van der Waals surface area contributed by atoms with Crippen molar-refractivity contribution in [3.8, 4) is 22.6 Å². The molecule has 0 N–H and O–H groups in total. The van der Waals surface area contributed by atoms with Crippen LogP contribution < -0.4 is 73.8 Å². The second-order valence-corrected chi connectivity index (χ2v) is 7.71. The summed E-state index contributed by atoms with van der Waals surface area (Å²) in [5, 5.41) is 11.6. The van der Waals surface area contributed by atoms with Crippen molar-refractivity contribution < 1.29 is 91.9 Å². The number of hydrogen-bond acceptors (Lipinski definition) is 10. The zero-order valence-corrected chi connectivity index (χ0v) is 22.8. The van der Waals surface area contributed by atoms with E-state index in [2.05, 4.69) is 24.9 Å². The molecule has 4 rings (SSSR count). The second kappa shape index (κ2) is 11.5. The van der Waals surface area contributed by atoms with Gasteiger partial charge in [0.25, 0.3) is 0 Å². The predicted octanol–water partition coefficient (Wildman–Crippen LogP) is -5.74. The predicted molar refractivity (Wildman–Crippen MR) is 98.6 cm³/mol. The third-order valence-electron chi connectivity index (χ3n) is 4.37. The molecule has 162 valence electrons. The molecule has 16 heteroatoms. The van der Waals surface area contributed by atoms with Gasteiger partial charge in [-0.15, -0.1) is 10.2 Å². The molecule has 1 aliphatic rings. The largest absolute Gasteiger partial charge is 1.00 e. The summed E-state index contributed by atoms with van der Waals surface area (Å²) >= 11 is 0. The zero-order valence-electron chi connectivity index (χ0n) is 17.9. The Morgan fingerprint density at radius 2 is 2.03 bits per heavy atom. The second-order valence-electron chi connectivity index (χ2n) is 6.56. The van der Waals surface area contributed by atoms with E-state index < -0.39 is 32.4 Å². The van der Waals surface area contributed by atoms with E-state index in [1.165, 1.54) is 23.1 Å². The number of aryl methyl sites for hydroxylation is 1. The van der Waals surface area contributed by atoms with Crippen molar-refractivity contribution in [2.45, 2.75) is 6.10 Å². The molecule has 2 aromatic heterocycles. The van der Waals surface area contributed by atoms with Crippen LogP contribution >= 0.6 is 7.82 Å². The van der Waals surface area contributed by atoms with E-state index in [1.54, 1.807) is 19.2 Å². The minimum Gasteiger partial charge on any atom is -0.790 e. The van der Waals surface area contributed by atoms with Crippen LogP contribution in [0.1, 0.15) is 0 Å². The summed E-state index contributed by atoms with van der Waals surface area (Å²) in [4.78, 5) is 39.8. The van der Waals surface area contributed by atoms with Gasteiger partial charge < -0.3 is 23.6 Å². The van der Waals surface area contributed by atoms with Gasteiger partial charge in [0.2, 0.25) is 5.82 Å². The van der Waals surface area contributed by atoms with Gasteiger partial charge in [0.15, 0.2) is 0 Å². The number of nitrogens with zero attached hydrogens (tertiary/aromatic N) is 6. The van der Waals surface area contributed by atoms with Crippen molar-refractivity contribution in [2.75, 3.05) is 18.1 Å². The molecular weight excluding hydrogens is 480 g/mol. The molecule has 1 fully saturated rings. The number of aromatic nitrogens is 5. The molecule has 0 spiro atoms. The summed E-state index contributed by atoms with van der Waals surface area (Å²) in [6.07, 6.45) is -0.321. The topological polar surface area (TPSA) is 158 Å². The van der Waals surface area contributed by atoms with Crippen molar-refractivity contribution in [3.63, 3.8) is 0 Å². The molecule has 0 unspecified atom stereocenters. The number of phosphoric acid groups is 1. The molecule has 3 heterocycles. The molecule has 0 saturated carbocycles. The van der Waals surface area contributed by atoms with E-state index in [4.69, 9.17) is 4.74 Å². The number of benzene rings is 1. The molecular formula is C17H14FN6Na2O6P. The first-order valence-electron chi connectivity index (χ1n) is 8.85. The van der Waals surface area contributed by atoms with E-state index >= 15 is 0 Å². The summed E-state index contributed by atoms with van der Waals surface area (Å²) < 4.78 is 34.4. The van der Waals surface area contributed by atoms with Gasteiger partial charge in [-0.2, -0.15) is 4.80 Å². The van der Waals surface area contributed by atoms with Gasteiger partial charge in [-0.3, -0.25) is 9.88 Å². The third-order valence-corrected chi connectivity index (χ3v) is 4.83. The Balaban J connectivity index is 0.00000193. The molecule has 0 bridgehead atoms. The third kappa shape index (κ3) is 6.89. The number of tetrazole rings is 1. The van der Waals surface area contributed by atoms with E-state index in [0.717, 1.165) is 11.0 Å². The van der Waals surface area contributed by atoms with Gasteiger partial charge in [-0.05, 0) is 29.5 Å². The van der Waals surface area contributed by atoms with Gasteiger partial charge in [0.1, 0.15) is 17.6 Å². The van der Waals surface area contributed by atoms with Crippen LogP contribution in [0, 0.1) is 5.82 Å². The number of pyridine rings is 1. The average molecular weight is 494 g/mol. The number of halogens is 1. The van der Waals surface area contributed by atoms with Crippen LogP contribution in [0.25, 0.3) is 22.6 Å². The first kappa shape index (κ1) is 28.0. The van der Waals surface area contributed by atoms with Gasteiger partial charge >= 0.3 is 65.2 Å². The number of anilines is 1. The average Bonchev–Trinajstić information content (AvgIpc) is 3.31. The first-order chi connectivity index (χ1) is 14.7. The number of phosphoric ester groups is 1. The van der Waals surface area contributed by atoms with E-state index in [0.29, 0.717) is 17.1 Å². The smallest absolute Gasteiger partial charge is 0.790 e. The summed E-state index contributed by atoms with van der Waals surface area (Å²) in [5.74, 6) is -0.276. The molecule has 3 aromatic rings. The van der Waals surface area contributed by atoms with E-state index in [1.807, 2.05) is 0 Å². The Kier molecular flexibility index (Phi) is 9.71. The molecule has 12 nitrogen and oxygen atoms in total. The van der Waals surface area contributed by atoms with Crippen molar-refractivity contribution in [1.82, 2.24) is 25.2 Å². The van der Waals surface area contributed by atoms with Crippen LogP contribution in [0.3, 0.4) is 0 Å². The summed E-state index contributed by atoms with van der Waals surface area (Å²) in [6, 6.07) is 7.41. The summed E-state index contributed by atoms with van der Waals surface area (Å²) in [6.45, 7) is -0.704. The van der Waals surface area contributed by atoms with Crippen LogP contribution in [-0.2, 0) is 20.9 Å². The Labute approximate surface area is 231 Å². The van der Waals surface area contributed by atoms with E-state index in [-0.39, 0.29) is 76.9 Å². The number of carbonyl (C=O) groups is 1. The number of rotatable bonds is 6. The minimum atomic E-state index is -5.19. The van der Waals surface area contributed by atoms with Crippen LogP contribution in [0.5, 0.6) is 0 Å². The zero-order chi connectivity index (χ0) is 22.2. The Hall–Kier alpha value is -1.25. The molecule has 0 radical (unpaired) electrons. The number of hydrogen-bond donors (Lipinski definition) is 0. The maximum Gasteiger partial charge on any atom is 1.00 e. The fourth-order valence-corrected chi connectivity index (χ4v) is 3.32. The normalized spacial score (nSPS) is 15.6. The van der Waals surface area contributed by atoms with Crippen LogP contribution in [0.2, 0.25) is 0 Å². The molecule has 1 saturated heterocycles.